The number of aryl methyl sites for hydroxylation is 2. The van der Waals surface area contributed by atoms with Crippen molar-refractivity contribution in [3.8, 4) is 0 Å². The van der Waals surface area contributed by atoms with Crippen molar-refractivity contribution < 1.29 is 4.92 Å². The summed E-state index contributed by atoms with van der Waals surface area (Å²) >= 11 is 0. The van der Waals surface area contributed by atoms with E-state index in [0.29, 0.717) is 12.2 Å². The molecular formula is C13H16N4O2. The summed E-state index contributed by atoms with van der Waals surface area (Å²) in [4.78, 5) is 10.6. The lowest BCUT2D eigenvalue weighted by Crippen LogP contribution is -2.06. The van der Waals surface area contributed by atoms with E-state index in [0.717, 1.165) is 17.5 Å². The number of aromatic nitrogens is 2. The Bertz CT molecular complexity index is 592. The SMILES string of the molecule is Cc1ccc(NCCc2cnn(C)c2)c([N+](=O)[O-])c1. The third-order valence-corrected chi connectivity index (χ3v) is 2.84. The van der Waals surface area contributed by atoms with E-state index in [-0.39, 0.29) is 10.6 Å². The van der Waals surface area contributed by atoms with Gasteiger partial charge in [-0.2, -0.15) is 5.10 Å². The number of nitrogens with one attached hydrogen (secondary N) is 1. The van der Waals surface area contributed by atoms with Crippen LogP contribution in [0.2, 0.25) is 0 Å². The molecule has 1 N–H and O–H groups in total. The average molecular weight is 260 g/mol. The van der Waals surface area contributed by atoms with Crippen LogP contribution in [0.15, 0.2) is 30.6 Å². The molecule has 0 radical (unpaired) electrons. The highest BCUT2D eigenvalue weighted by Crippen LogP contribution is 2.25. The first kappa shape index (κ1) is 13.1. The van der Waals surface area contributed by atoms with Crippen molar-refractivity contribution in [1.29, 1.82) is 0 Å². The Morgan fingerprint density at radius 1 is 1.47 bits per heavy atom. The van der Waals surface area contributed by atoms with Gasteiger partial charge >= 0.3 is 0 Å². The van der Waals surface area contributed by atoms with E-state index in [1.165, 1.54) is 0 Å². The molecule has 0 saturated heterocycles. The zero-order valence-electron chi connectivity index (χ0n) is 11.0. The Morgan fingerprint density at radius 3 is 2.89 bits per heavy atom. The molecule has 0 aliphatic carbocycles. The Balaban J connectivity index is 2.01. The molecule has 100 valence electrons. The molecule has 1 aromatic carbocycles. The molecule has 2 aromatic rings. The number of rotatable bonds is 5. The topological polar surface area (TPSA) is 73.0 Å². The fourth-order valence-corrected chi connectivity index (χ4v) is 1.88. The average Bonchev–Trinajstić information content (AvgIpc) is 2.77. The van der Waals surface area contributed by atoms with Crippen molar-refractivity contribution in [2.45, 2.75) is 13.3 Å². The minimum atomic E-state index is -0.362. The van der Waals surface area contributed by atoms with Crippen LogP contribution in [0, 0.1) is 17.0 Å². The third-order valence-electron chi connectivity index (χ3n) is 2.84. The van der Waals surface area contributed by atoms with Gasteiger partial charge in [-0.3, -0.25) is 14.8 Å². The van der Waals surface area contributed by atoms with E-state index >= 15 is 0 Å². The highest BCUT2D eigenvalue weighted by atomic mass is 16.6. The van der Waals surface area contributed by atoms with Gasteiger partial charge in [0, 0.05) is 25.9 Å². The summed E-state index contributed by atoms with van der Waals surface area (Å²) in [5, 5.41) is 18.1. The highest BCUT2D eigenvalue weighted by molar-refractivity contribution is 5.62. The highest BCUT2D eigenvalue weighted by Gasteiger charge is 2.12. The van der Waals surface area contributed by atoms with E-state index < -0.39 is 0 Å². The van der Waals surface area contributed by atoms with Crippen LogP contribution in [0.25, 0.3) is 0 Å². The van der Waals surface area contributed by atoms with Gasteiger partial charge in [-0.1, -0.05) is 6.07 Å². The molecular weight excluding hydrogens is 244 g/mol. The predicted molar refractivity (Wildman–Crippen MR) is 73.2 cm³/mol. The summed E-state index contributed by atoms with van der Waals surface area (Å²) in [6.45, 7) is 2.47. The first-order valence-electron chi connectivity index (χ1n) is 6.02. The van der Waals surface area contributed by atoms with Crippen LogP contribution >= 0.6 is 0 Å². The molecule has 0 spiro atoms. The molecule has 6 heteroatoms. The molecule has 1 heterocycles. The van der Waals surface area contributed by atoms with Gasteiger partial charge in [-0.25, -0.2) is 0 Å². The number of nitrogens with zero attached hydrogens (tertiary/aromatic N) is 3. The van der Waals surface area contributed by atoms with Crippen LogP contribution in [0.1, 0.15) is 11.1 Å². The minimum absolute atomic E-state index is 0.117. The van der Waals surface area contributed by atoms with Crippen molar-refractivity contribution in [3.63, 3.8) is 0 Å². The van der Waals surface area contributed by atoms with Crippen molar-refractivity contribution >= 4 is 11.4 Å². The molecule has 0 bridgehead atoms. The predicted octanol–water partition coefficient (Wildman–Crippen LogP) is 2.29. The number of benzene rings is 1. The maximum Gasteiger partial charge on any atom is 0.292 e. The fraction of sp³-hybridized carbons (Fsp3) is 0.308. The summed E-state index contributed by atoms with van der Waals surface area (Å²) in [7, 11) is 1.86. The molecule has 0 aliphatic rings. The second-order valence-electron chi connectivity index (χ2n) is 4.48. The lowest BCUT2D eigenvalue weighted by atomic mass is 10.2. The molecule has 0 aliphatic heterocycles. The number of hydrogen-bond donors (Lipinski definition) is 1. The quantitative estimate of drug-likeness (QED) is 0.661. The van der Waals surface area contributed by atoms with Crippen molar-refractivity contribution in [2.24, 2.45) is 7.05 Å². The van der Waals surface area contributed by atoms with E-state index in [2.05, 4.69) is 10.4 Å². The monoisotopic (exact) mass is 260 g/mol. The zero-order valence-corrected chi connectivity index (χ0v) is 11.0. The summed E-state index contributed by atoms with van der Waals surface area (Å²) in [6.07, 6.45) is 4.51. The summed E-state index contributed by atoms with van der Waals surface area (Å²) in [6, 6.07) is 5.18. The van der Waals surface area contributed by atoms with Crippen LogP contribution in [-0.4, -0.2) is 21.2 Å². The van der Waals surface area contributed by atoms with E-state index in [4.69, 9.17) is 0 Å². The zero-order chi connectivity index (χ0) is 13.8. The summed E-state index contributed by atoms with van der Waals surface area (Å²) in [5.41, 5.74) is 2.65. The van der Waals surface area contributed by atoms with Crippen molar-refractivity contribution in [3.05, 3.63) is 51.8 Å². The summed E-state index contributed by atoms with van der Waals surface area (Å²) < 4.78 is 1.74. The maximum absolute atomic E-state index is 11.0. The first-order valence-corrected chi connectivity index (χ1v) is 6.02. The Hall–Kier alpha value is -2.37. The van der Waals surface area contributed by atoms with Crippen LogP contribution in [0.5, 0.6) is 0 Å². The van der Waals surface area contributed by atoms with E-state index in [1.54, 1.807) is 23.0 Å². The lowest BCUT2D eigenvalue weighted by Gasteiger charge is -2.06. The molecule has 19 heavy (non-hydrogen) atoms. The molecule has 1 aromatic heterocycles. The molecule has 0 atom stereocenters. The van der Waals surface area contributed by atoms with Crippen molar-refractivity contribution in [2.75, 3.05) is 11.9 Å². The van der Waals surface area contributed by atoms with Gasteiger partial charge in [0.1, 0.15) is 5.69 Å². The van der Waals surface area contributed by atoms with Gasteiger partial charge in [-0.05, 0) is 30.5 Å². The Kier molecular flexibility index (Phi) is 3.79. The van der Waals surface area contributed by atoms with Gasteiger partial charge in [-0.15, -0.1) is 0 Å². The normalized spacial score (nSPS) is 10.4. The largest absolute Gasteiger partial charge is 0.379 e. The van der Waals surface area contributed by atoms with Crippen LogP contribution < -0.4 is 5.32 Å². The first-order chi connectivity index (χ1) is 9.06. The molecule has 0 amide bonds. The van der Waals surface area contributed by atoms with Gasteiger partial charge in [0.05, 0.1) is 11.1 Å². The van der Waals surface area contributed by atoms with Gasteiger partial charge < -0.3 is 5.32 Å². The lowest BCUT2D eigenvalue weighted by molar-refractivity contribution is -0.384. The molecule has 0 fully saturated rings. The van der Waals surface area contributed by atoms with Gasteiger partial charge in [0.2, 0.25) is 0 Å². The smallest absolute Gasteiger partial charge is 0.292 e. The Morgan fingerprint density at radius 2 is 2.26 bits per heavy atom. The van der Waals surface area contributed by atoms with Crippen molar-refractivity contribution in [1.82, 2.24) is 9.78 Å². The molecule has 0 unspecified atom stereocenters. The standard InChI is InChI=1S/C13H16N4O2/c1-10-3-4-12(13(7-10)17(18)19)14-6-5-11-8-15-16(2)9-11/h3-4,7-9,14H,5-6H2,1-2H3. The fourth-order valence-electron chi connectivity index (χ4n) is 1.88. The molecule has 0 saturated carbocycles. The number of nitro benzene ring substituents is 1. The van der Waals surface area contributed by atoms with Crippen LogP contribution in [0.4, 0.5) is 11.4 Å². The minimum Gasteiger partial charge on any atom is -0.379 e. The Labute approximate surface area is 111 Å². The van der Waals surface area contributed by atoms with Crippen LogP contribution in [-0.2, 0) is 13.5 Å². The van der Waals surface area contributed by atoms with E-state index in [9.17, 15) is 10.1 Å². The van der Waals surface area contributed by atoms with E-state index in [1.807, 2.05) is 26.2 Å². The van der Waals surface area contributed by atoms with Gasteiger partial charge in [0.15, 0.2) is 0 Å². The molecule has 2 rings (SSSR count). The van der Waals surface area contributed by atoms with Gasteiger partial charge in [0.25, 0.3) is 5.69 Å². The molecule has 6 nitrogen and oxygen atoms in total. The maximum atomic E-state index is 11.0. The number of nitro groups is 1. The second-order valence-corrected chi connectivity index (χ2v) is 4.48. The number of hydrogen-bond acceptors (Lipinski definition) is 4. The van der Waals surface area contributed by atoms with Crippen LogP contribution in [0.3, 0.4) is 0 Å². The third kappa shape index (κ3) is 3.31. The number of anilines is 1. The second kappa shape index (κ2) is 5.51. The summed E-state index contributed by atoms with van der Waals surface area (Å²) in [5.74, 6) is 0.